The lowest BCUT2D eigenvalue weighted by molar-refractivity contribution is 0.400. The Morgan fingerprint density at radius 3 is 2.21 bits per heavy atom. The van der Waals surface area contributed by atoms with E-state index in [1.807, 2.05) is 6.07 Å². The van der Waals surface area contributed by atoms with Crippen LogP contribution in [-0.2, 0) is 16.3 Å². The number of aromatic nitrogens is 2. The maximum absolute atomic E-state index is 12.8. The third-order valence-corrected chi connectivity index (χ3v) is 7.16. The molecule has 1 aliphatic rings. The topological polar surface area (TPSA) is 89.2 Å². The van der Waals surface area contributed by atoms with Crippen LogP contribution in [0.3, 0.4) is 0 Å². The van der Waals surface area contributed by atoms with Crippen LogP contribution in [0.25, 0.3) is 0 Å². The van der Waals surface area contributed by atoms with Gasteiger partial charge in [0, 0.05) is 13.1 Å². The van der Waals surface area contributed by atoms with E-state index in [1.165, 1.54) is 11.8 Å². The second kappa shape index (κ2) is 8.21. The Labute approximate surface area is 171 Å². The monoisotopic (exact) mass is 408 g/mol. The SMILES string of the molecule is Nc1nc(N2CCC(Cc3ccccc3)CC2)ncc1S(=O)(=O)c1ccccc1. The van der Waals surface area contributed by atoms with Gasteiger partial charge in [-0.15, -0.1) is 0 Å². The van der Waals surface area contributed by atoms with Gasteiger partial charge in [0.1, 0.15) is 10.7 Å². The third kappa shape index (κ3) is 4.24. The predicted octanol–water partition coefficient (Wildman–Crippen LogP) is 3.35. The standard InChI is InChI=1S/C22H24N4O2S/c23-21-20(29(27,28)19-9-5-2-6-10-19)16-24-22(25-21)26-13-11-18(12-14-26)15-17-7-3-1-4-8-17/h1-10,16,18H,11-15H2,(H2,23,24,25). The van der Waals surface area contributed by atoms with Gasteiger partial charge in [-0.05, 0) is 42.9 Å². The summed E-state index contributed by atoms with van der Waals surface area (Å²) in [6, 6.07) is 18.7. The molecule has 150 valence electrons. The number of sulfone groups is 1. The van der Waals surface area contributed by atoms with E-state index in [4.69, 9.17) is 5.73 Å². The summed E-state index contributed by atoms with van der Waals surface area (Å²) in [4.78, 5) is 10.8. The van der Waals surface area contributed by atoms with Gasteiger partial charge in [-0.3, -0.25) is 0 Å². The first-order valence-corrected chi connectivity index (χ1v) is 11.2. The molecule has 0 atom stereocenters. The lowest BCUT2D eigenvalue weighted by atomic mass is 9.90. The van der Waals surface area contributed by atoms with Gasteiger partial charge >= 0.3 is 0 Å². The average molecular weight is 409 g/mol. The highest BCUT2D eigenvalue weighted by molar-refractivity contribution is 7.91. The molecule has 6 nitrogen and oxygen atoms in total. The van der Waals surface area contributed by atoms with Gasteiger partial charge in [-0.25, -0.2) is 13.4 Å². The first-order valence-electron chi connectivity index (χ1n) is 9.75. The van der Waals surface area contributed by atoms with Crippen molar-refractivity contribution < 1.29 is 8.42 Å². The Balaban J connectivity index is 1.45. The summed E-state index contributed by atoms with van der Waals surface area (Å²) in [5.74, 6) is 1.11. The van der Waals surface area contributed by atoms with E-state index in [-0.39, 0.29) is 15.6 Å². The van der Waals surface area contributed by atoms with Crippen molar-refractivity contribution >= 4 is 21.6 Å². The second-order valence-corrected chi connectivity index (χ2v) is 9.27. The summed E-state index contributed by atoms with van der Waals surface area (Å²) in [6.07, 6.45) is 4.49. The van der Waals surface area contributed by atoms with Crippen LogP contribution in [0.1, 0.15) is 18.4 Å². The van der Waals surface area contributed by atoms with E-state index in [1.54, 1.807) is 30.3 Å². The Bertz CT molecular complexity index is 1060. The van der Waals surface area contributed by atoms with Gasteiger partial charge in [0.2, 0.25) is 15.8 Å². The van der Waals surface area contributed by atoms with Crippen molar-refractivity contribution in [1.29, 1.82) is 0 Å². The van der Waals surface area contributed by atoms with Gasteiger partial charge in [-0.2, -0.15) is 4.98 Å². The molecule has 0 radical (unpaired) electrons. The zero-order chi connectivity index (χ0) is 20.3. The van der Waals surface area contributed by atoms with Gasteiger partial charge in [-0.1, -0.05) is 48.5 Å². The average Bonchev–Trinajstić information content (AvgIpc) is 2.75. The first kappa shape index (κ1) is 19.4. The number of hydrogen-bond donors (Lipinski definition) is 1. The summed E-state index contributed by atoms with van der Waals surface area (Å²) in [7, 11) is -3.73. The fourth-order valence-electron chi connectivity index (χ4n) is 3.74. The zero-order valence-corrected chi connectivity index (χ0v) is 16.9. The van der Waals surface area contributed by atoms with E-state index in [0.29, 0.717) is 11.9 Å². The van der Waals surface area contributed by atoms with Crippen LogP contribution in [0.2, 0.25) is 0 Å². The molecule has 0 aliphatic carbocycles. The summed E-state index contributed by atoms with van der Waals surface area (Å²) in [5.41, 5.74) is 7.39. The summed E-state index contributed by atoms with van der Waals surface area (Å²) < 4.78 is 25.6. The van der Waals surface area contributed by atoms with Crippen molar-refractivity contribution in [3.8, 4) is 0 Å². The Hall–Kier alpha value is -2.93. The lowest BCUT2D eigenvalue weighted by Crippen LogP contribution is -2.35. The molecule has 1 aromatic heterocycles. The lowest BCUT2D eigenvalue weighted by Gasteiger charge is -2.32. The maximum Gasteiger partial charge on any atom is 0.227 e. The van der Waals surface area contributed by atoms with Crippen LogP contribution >= 0.6 is 0 Å². The minimum absolute atomic E-state index is 0.00902. The normalized spacial score (nSPS) is 15.4. The first-order chi connectivity index (χ1) is 14.0. The maximum atomic E-state index is 12.8. The summed E-state index contributed by atoms with van der Waals surface area (Å²) in [6.45, 7) is 1.67. The fraction of sp³-hybridized carbons (Fsp3) is 0.273. The van der Waals surface area contributed by atoms with Gasteiger partial charge in [0.25, 0.3) is 0 Å². The molecule has 0 spiro atoms. The number of nitrogens with two attached hydrogens (primary N) is 1. The Morgan fingerprint density at radius 1 is 0.966 bits per heavy atom. The molecule has 1 aliphatic heterocycles. The van der Waals surface area contributed by atoms with Gasteiger partial charge < -0.3 is 10.6 Å². The van der Waals surface area contributed by atoms with E-state index < -0.39 is 9.84 Å². The van der Waals surface area contributed by atoms with Crippen LogP contribution in [0, 0.1) is 5.92 Å². The van der Waals surface area contributed by atoms with Crippen molar-refractivity contribution in [2.24, 2.45) is 5.92 Å². The molecule has 1 saturated heterocycles. The third-order valence-electron chi connectivity index (χ3n) is 5.38. The van der Waals surface area contributed by atoms with Crippen LogP contribution in [0.5, 0.6) is 0 Å². The molecule has 0 bridgehead atoms. The highest BCUT2D eigenvalue weighted by atomic mass is 32.2. The second-order valence-electron chi connectivity index (χ2n) is 7.36. The highest BCUT2D eigenvalue weighted by Crippen LogP contribution is 2.28. The van der Waals surface area contributed by atoms with Crippen molar-refractivity contribution in [3.63, 3.8) is 0 Å². The smallest absolute Gasteiger partial charge is 0.227 e. The number of rotatable bonds is 5. The number of nitrogens with zero attached hydrogens (tertiary/aromatic N) is 3. The molecule has 2 N–H and O–H groups in total. The van der Waals surface area contributed by atoms with Crippen molar-refractivity contribution in [2.45, 2.75) is 29.1 Å². The predicted molar refractivity (Wildman–Crippen MR) is 113 cm³/mol. The quantitative estimate of drug-likeness (QED) is 0.696. The fourth-order valence-corrected chi connectivity index (χ4v) is 5.03. The van der Waals surface area contributed by atoms with Gasteiger partial charge in [0.15, 0.2) is 0 Å². The van der Waals surface area contributed by atoms with Crippen molar-refractivity contribution in [1.82, 2.24) is 9.97 Å². The van der Waals surface area contributed by atoms with Crippen LogP contribution in [-0.4, -0.2) is 31.5 Å². The zero-order valence-electron chi connectivity index (χ0n) is 16.1. The molecule has 29 heavy (non-hydrogen) atoms. The molecule has 1 fully saturated rings. The molecular formula is C22H24N4O2S. The van der Waals surface area contributed by atoms with E-state index in [2.05, 4.69) is 39.1 Å². The van der Waals surface area contributed by atoms with E-state index in [9.17, 15) is 8.42 Å². The van der Waals surface area contributed by atoms with E-state index in [0.717, 1.165) is 32.4 Å². The van der Waals surface area contributed by atoms with E-state index >= 15 is 0 Å². The molecule has 0 saturated carbocycles. The molecule has 2 aromatic carbocycles. The molecule has 4 rings (SSSR count). The largest absolute Gasteiger partial charge is 0.382 e. The molecule has 3 aromatic rings. The van der Waals surface area contributed by atoms with Gasteiger partial charge in [0.05, 0.1) is 11.1 Å². The van der Waals surface area contributed by atoms with Crippen molar-refractivity contribution in [3.05, 3.63) is 72.4 Å². The Kier molecular flexibility index (Phi) is 5.49. The number of hydrogen-bond acceptors (Lipinski definition) is 6. The summed E-state index contributed by atoms with van der Waals surface area (Å²) >= 11 is 0. The van der Waals surface area contributed by atoms with Crippen molar-refractivity contribution in [2.75, 3.05) is 23.7 Å². The molecule has 7 heteroatoms. The number of nitrogen functional groups attached to an aromatic ring is 1. The van der Waals surface area contributed by atoms with Crippen LogP contribution < -0.4 is 10.6 Å². The number of benzene rings is 2. The minimum atomic E-state index is -3.73. The van der Waals surface area contributed by atoms with Crippen LogP contribution in [0.4, 0.5) is 11.8 Å². The molecule has 2 heterocycles. The number of piperidine rings is 1. The van der Waals surface area contributed by atoms with Crippen LogP contribution in [0.15, 0.2) is 76.7 Å². The molecular weight excluding hydrogens is 384 g/mol. The molecule has 0 amide bonds. The highest BCUT2D eigenvalue weighted by Gasteiger charge is 2.25. The summed E-state index contributed by atoms with van der Waals surface area (Å²) in [5, 5.41) is 0. The minimum Gasteiger partial charge on any atom is -0.382 e. The Morgan fingerprint density at radius 2 is 1.59 bits per heavy atom. The molecule has 0 unspecified atom stereocenters. The number of anilines is 2.